The fourth-order valence-corrected chi connectivity index (χ4v) is 2.73. The summed E-state index contributed by atoms with van der Waals surface area (Å²) in [4.78, 5) is 18.9. The summed E-state index contributed by atoms with van der Waals surface area (Å²) >= 11 is 1.57. The van der Waals surface area contributed by atoms with Crippen molar-refractivity contribution < 1.29 is 4.79 Å². The van der Waals surface area contributed by atoms with Crippen molar-refractivity contribution in [3.8, 4) is 0 Å². The van der Waals surface area contributed by atoms with Gasteiger partial charge in [0.25, 0.3) is 5.91 Å². The molecule has 2 aliphatic rings. The molecule has 2 heterocycles. The molecule has 1 N–H and O–H groups in total. The number of carbonyl (C=O) groups excluding carboxylic acids is 1. The van der Waals surface area contributed by atoms with Crippen molar-refractivity contribution in [3.05, 3.63) is 11.1 Å². The number of nitrogens with zero attached hydrogens (tertiary/aromatic N) is 2. The SMILES string of the molecule is CNC1CCCN(C(=O)C2=CN=CCS2)C1. The van der Waals surface area contributed by atoms with Crippen LogP contribution in [0.1, 0.15) is 12.8 Å². The Balaban J connectivity index is 1.98. The first-order chi connectivity index (χ1) is 7.81. The number of likely N-dealkylation sites (tertiary alicyclic amines) is 1. The van der Waals surface area contributed by atoms with Crippen molar-refractivity contribution in [1.82, 2.24) is 10.2 Å². The largest absolute Gasteiger partial charge is 0.337 e. The summed E-state index contributed by atoms with van der Waals surface area (Å²) in [7, 11) is 1.96. The van der Waals surface area contributed by atoms with Gasteiger partial charge in [0.15, 0.2) is 0 Å². The van der Waals surface area contributed by atoms with E-state index in [-0.39, 0.29) is 5.91 Å². The molecular formula is C11H17N3OS. The van der Waals surface area contributed by atoms with Crippen LogP contribution in [0.4, 0.5) is 0 Å². The molecule has 4 nitrogen and oxygen atoms in total. The van der Waals surface area contributed by atoms with Crippen LogP contribution in [-0.4, -0.2) is 49.0 Å². The maximum Gasteiger partial charge on any atom is 0.261 e. The summed E-state index contributed by atoms with van der Waals surface area (Å²) in [5.41, 5.74) is 0. The number of nitrogens with one attached hydrogen (secondary N) is 1. The number of aliphatic imine (C=N–C) groups is 1. The van der Waals surface area contributed by atoms with E-state index >= 15 is 0 Å². The van der Waals surface area contributed by atoms with Crippen LogP contribution in [0.25, 0.3) is 0 Å². The van der Waals surface area contributed by atoms with Crippen molar-refractivity contribution in [3.63, 3.8) is 0 Å². The fraction of sp³-hybridized carbons (Fsp3) is 0.636. The van der Waals surface area contributed by atoms with Gasteiger partial charge in [-0.05, 0) is 19.9 Å². The standard InChI is InChI=1S/C11H17N3OS/c1-12-9-3-2-5-14(8-9)11(15)10-7-13-4-6-16-10/h4,7,9,12H,2-3,5-6,8H2,1H3. The number of carbonyl (C=O) groups is 1. The third-order valence-corrected chi connectivity index (χ3v) is 3.84. The molecule has 0 bridgehead atoms. The second kappa shape index (κ2) is 5.50. The minimum atomic E-state index is 0.141. The molecule has 0 aliphatic carbocycles. The van der Waals surface area contributed by atoms with E-state index in [1.54, 1.807) is 18.0 Å². The first kappa shape index (κ1) is 11.7. The average Bonchev–Trinajstić information content (AvgIpc) is 2.39. The summed E-state index contributed by atoms with van der Waals surface area (Å²) in [6.45, 7) is 1.69. The molecule has 0 radical (unpaired) electrons. The molecule has 1 fully saturated rings. The van der Waals surface area contributed by atoms with Crippen molar-refractivity contribution in [2.24, 2.45) is 4.99 Å². The first-order valence-electron chi connectivity index (χ1n) is 5.62. The number of hydrogen-bond acceptors (Lipinski definition) is 4. The van der Waals surface area contributed by atoms with Gasteiger partial charge in [-0.15, -0.1) is 11.8 Å². The van der Waals surface area contributed by atoms with Gasteiger partial charge < -0.3 is 10.2 Å². The van der Waals surface area contributed by atoms with Gasteiger partial charge in [-0.3, -0.25) is 9.79 Å². The average molecular weight is 239 g/mol. The molecule has 0 aromatic carbocycles. The molecule has 0 aromatic heterocycles. The summed E-state index contributed by atoms with van der Waals surface area (Å²) in [6, 6.07) is 0.440. The van der Waals surface area contributed by atoms with Crippen molar-refractivity contribution in [2.75, 3.05) is 25.9 Å². The molecule has 16 heavy (non-hydrogen) atoms. The third kappa shape index (κ3) is 2.65. The molecule has 2 rings (SSSR count). The van der Waals surface area contributed by atoms with Crippen molar-refractivity contribution in [2.45, 2.75) is 18.9 Å². The molecule has 1 unspecified atom stereocenters. The Morgan fingerprint density at radius 1 is 1.69 bits per heavy atom. The van der Waals surface area contributed by atoms with Gasteiger partial charge in [0.05, 0.1) is 4.91 Å². The Morgan fingerprint density at radius 3 is 3.25 bits per heavy atom. The van der Waals surface area contributed by atoms with Crippen molar-refractivity contribution in [1.29, 1.82) is 0 Å². The predicted molar refractivity (Wildman–Crippen MR) is 67.7 cm³/mol. The van der Waals surface area contributed by atoms with Gasteiger partial charge in [-0.25, -0.2) is 0 Å². The Morgan fingerprint density at radius 2 is 2.56 bits per heavy atom. The van der Waals surface area contributed by atoms with E-state index in [2.05, 4.69) is 10.3 Å². The molecule has 1 amide bonds. The highest BCUT2D eigenvalue weighted by Crippen LogP contribution is 2.22. The Labute approximate surface area is 100 Å². The number of hydrogen-bond donors (Lipinski definition) is 1. The van der Waals surface area contributed by atoms with Crippen molar-refractivity contribution >= 4 is 23.9 Å². The summed E-state index contributed by atoms with van der Waals surface area (Å²) in [5, 5.41) is 3.24. The van der Waals surface area contributed by atoms with Gasteiger partial charge in [0.2, 0.25) is 0 Å². The monoisotopic (exact) mass is 239 g/mol. The van der Waals surface area contributed by atoms with Gasteiger partial charge >= 0.3 is 0 Å². The summed E-state index contributed by atoms with van der Waals surface area (Å²) in [6.07, 6.45) is 5.75. The highest BCUT2D eigenvalue weighted by atomic mass is 32.2. The molecule has 0 spiro atoms. The van der Waals surface area contributed by atoms with Crippen LogP contribution in [0.3, 0.4) is 0 Å². The van der Waals surface area contributed by atoms with Gasteiger partial charge in [-0.1, -0.05) is 0 Å². The number of thioether (sulfide) groups is 1. The first-order valence-corrected chi connectivity index (χ1v) is 6.61. The number of rotatable bonds is 2. The van der Waals surface area contributed by atoms with Crippen LogP contribution in [0.2, 0.25) is 0 Å². The highest BCUT2D eigenvalue weighted by molar-refractivity contribution is 8.04. The molecule has 1 atom stereocenters. The Hall–Kier alpha value is -0.810. The van der Waals surface area contributed by atoms with Crippen LogP contribution in [-0.2, 0) is 4.79 Å². The molecule has 5 heteroatoms. The van der Waals surface area contributed by atoms with Crippen LogP contribution in [0.5, 0.6) is 0 Å². The normalized spacial score (nSPS) is 25.4. The predicted octanol–water partition coefficient (Wildman–Crippen LogP) is 0.856. The van der Waals surface area contributed by atoms with Crippen LogP contribution < -0.4 is 5.32 Å². The van der Waals surface area contributed by atoms with Crippen LogP contribution in [0.15, 0.2) is 16.1 Å². The zero-order valence-electron chi connectivity index (χ0n) is 9.48. The lowest BCUT2D eigenvalue weighted by Gasteiger charge is -2.33. The van der Waals surface area contributed by atoms with E-state index in [1.165, 1.54) is 0 Å². The number of likely N-dealkylation sites (N-methyl/N-ethyl adjacent to an activating group) is 1. The Bertz CT molecular complexity index is 327. The zero-order valence-corrected chi connectivity index (χ0v) is 10.3. The lowest BCUT2D eigenvalue weighted by molar-refractivity contribution is -0.127. The molecule has 2 aliphatic heterocycles. The maximum absolute atomic E-state index is 12.1. The molecular weight excluding hydrogens is 222 g/mol. The van der Waals surface area contributed by atoms with E-state index in [1.807, 2.05) is 18.2 Å². The zero-order chi connectivity index (χ0) is 11.4. The van der Waals surface area contributed by atoms with E-state index in [4.69, 9.17) is 0 Å². The van der Waals surface area contributed by atoms with Crippen LogP contribution in [0, 0.1) is 0 Å². The molecule has 0 saturated carbocycles. The third-order valence-electron chi connectivity index (χ3n) is 2.94. The second-order valence-electron chi connectivity index (χ2n) is 4.01. The molecule has 0 aromatic rings. The van der Waals surface area contributed by atoms with Gasteiger partial charge in [-0.2, -0.15) is 0 Å². The molecule has 1 saturated heterocycles. The van der Waals surface area contributed by atoms with E-state index in [0.717, 1.165) is 36.6 Å². The Kier molecular flexibility index (Phi) is 4.01. The maximum atomic E-state index is 12.1. The lowest BCUT2D eigenvalue weighted by Crippen LogP contribution is -2.47. The van der Waals surface area contributed by atoms with E-state index in [0.29, 0.717) is 6.04 Å². The second-order valence-corrected chi connectivity index (χ2v) is 5.08. The minimum absolute atomic E-state index is 0.141. The van der Waals surface area contributed by atoms with Crippen LogP contribution >= 0.6 is 11.8 Å². The van der Waals surface area contributed by atoms with E-state index in [9.17, 15) is 4.79 Å². The topological polar surface area (TPSA) is 44.7 Å². The minimum Gasteiger partial charge on any atom is -0.337 e. The lowest BCUT2D eigenvalue weighted by atomic mass is 10.1. The summed E-state index contributed by atoms with van der Waals surface area (Å²) < 4.78 is 0. The van der Waals surface area contributed by atoms with Gasteiger partial charge in [0, 0.05) is 37.3 Å². The molecule has 88 valence electrons. The summed E-state index contributed by atoms with van der Waals surface area (Å²) in [5.74, 6) is 0.947. The number of amides is 1. The van der Waals surface area contributed by atoms with Gasteiger partial charge in [0.1, 0.15) is 0 Å². The smallest absolute Gasteiger partial charge is 0.261 e. The highest BCUT2D eigenvalue weighted by Gasteiger charge is 2.25. The number of piperidine rings is 1. The fourth-order valence-electron chi connectivity index (χ4n) is 2.00. The quantitative estimate of drug-likeness (QED) is 0.777. The van der Waals surface area contributed by atoms with E-state index < -0.39 is 0 Å².